The largest absolute Gasteiger partial charge is 0.461 e. The number of pyridine rings is 1. The first-order chi connectivity index (χ1) is 14.2. The van der Waals surface area contributed by atoms with Crippen molar-refractivity contribution in [1.82, 2.24) is 10.3 Å². The Bertz CT molecular complexity index is 1110. The molecule has 0 radical (unpaired) electrons. The molecule has 154 valence electrons. The van der Waals surface area contributed by atoms with Crippen LogP contribution in [0.25, 0.3) is 0 Å². The van der Waals surface area contributed by atoms with Crippen molar-refractivity contribution in [2.45, 2.75) is 18.6 Å². The summed E-state index contributed by atoms with van der Waals surface area (Å²) in [5, 5.41) is 23.0. The number of fused-ring (bicyclic) bond motifs is 1. The molecule has 1 aliphatic heterocycles. The number of halogens is 4. The summed E-state index contributed by atoms with van der Waals surface area (Å²) in [5.41, 5.74) is 11.4. The molecule has 0 saturated carbocycles. The molecule has 0 amide bonds. The fourth-order valence-electron chi connectivity index (χ4n) is 2.80. The highest BCUT2D eigenvalue weighted by atomic mass is 19.3. The number of ether oxygens (including phenoxy) is 1. The molecule has 1 unspecified atom stereocenters. The highest BCUT2D eigenvalue weighted by Crippen LogP contribution is 2.44. The van der Waals surface area contributed by atoms with Gasteiger partial charge in [0.15, 0.2) is 6.19 Å². The summed E-state index contributed by atoms with van der Waals surface area (Å²) in [6, 6.07) is 5.63. The number of nitrogen functional groups attached to an aromatic ring is 2. The van der Waals surface area contributed by atoms with Gasteiger partial charge < -0.3 is 21.5 Å². The summed E-state index contributed by atoms with van der Waals surface area (Å²) in [7, 11) is 0. The summed E-state index contributed by atoms with van der Waals surface area (Å²) < 4.78 is 56.7. The van der Waals surface area contributed by atoms with Gasteiger partial charge in [-0.15, -0.1) is 0 Å². The number of hydrogen-bond acceptors (Lipinski definition) is 9. The maximum Gasteiger partial charge on any atom is 0.461 e. The molecule has 9 nitrogen and oxygen atoms in total. The number of alkyl halides is 4. The Balaban J connectivity index is 2.22. The SMILES string of the molecule is N#CNC1=NC(c2ccccc2OC(F)(F)C(F)F)c2c(nc(N)c(C#N)c2N)N1. The van der Waals surface area contributed by atoms with E-state index in [1.807, 2.05) is 0 Å². The highest BCUT2D eigenvalue weighted by Gasteiger charge is 2.45. The van der Waals surface area contributed by atoms with Gasteiger partial charge in [-0.25, -0.2) is 9.98 Å². The topological polar surface area (TPSA) is 158 Å². The first-order valence-electron chi connectivity index (χ1n) is 8.12. The second kappa shape index (κ2) is 7.63. The molecule has 6 N–H and O–H groups in total. The van der Waals surface area contributed by atoms with Gasteiger partial charge in [0.25, 0.3) is 0 Å². The van der Waals surface area contributed by atoms with E-state index in [-0.39, 0.29) is 40.0 Å². The third-order valence-corrected chi connectivity index (χ3v) is 4.07. The number of benzene rings is 1. The Morgan fingerprint density at radius 3 is 2.57 bits per heavy atom. The van der Waals surface area contributed by atoms with Crippen molar-refractivity contribution < 1.29 is 22.3 Å². The smallest absolute Gasteiger partial charge is 0.428 e. The summed E-state index contributed by atoms with van der Waals surface area (Å²) >= 11 is 0. The zero-order valence-corrected chi connectivity index (χ0v) is 14.8. The number of guanidine groups is 1. The molecule has 1 aliphatic rings. The van der Waals surface area contributed by atoms with E-state index in [9.17, 15) is 22.8 Å². The normalized spacial score (nSPS) is 15.3. The zero-order chi connectivity index (χ0) is 22.1. The molecule has 30 heavy (non-hydrogen) atoms. The van der Waals surface area contributed by atoms with Gasteiger partial charge in [0.05, 0.1) is 5.69 Å². The van der Waals surface area contributed by atoms with E-state index in [1.165, 1.54) is 18.2 Å². The predicted molar refractivity (Wildman–Crippen MR) is 97.4 cm³/mol. The molecular weight excluding hydrogens is 408 g/mol. The fourth-order valence-corrected chi connectivity index (χ4v) is 2.80. The van der Waals surface area contributed by atoms with Crippen LogP contribution >= 0.6 is 0 Å². The second-order valence-electron chi connectivity index (χ2n) is 5.90. The summed E-state index contributed by atoms with van der Waals surface area (Å²) in [6.45, 7) is 0. The van der Waals surface area contributed by atoms with Crippen LogP contribution in [-0.4, -0.2) is 23.5 Å². The number of aromatic nitrogens is 1. The predicted octanol–water partition coefficient (Wildman–Crippen LogP) is 2.30. The molecule has 1 aromatic heterocycles. The van der Waals surface area contributed by atoms with Crippen LogP contribution in [0.1, 0.15) is 22.7 Å². The van der Waals surface area contributed by atoms with Crippen molar-refractivity contribution in [2.75, 3.05) is 16.8 Å². The molecule has 0 saturated heterocycles. The van der Waals surface area contributed by atoms with E-state index in [0.717, 1.165) is 6.07 Å². The van der Waals surface area contributed by atoms with Crippen molar-refractivity contribution in [1.29, 1.82) is 10.5 Å². The summed E-state index contributed by atoms with van der Waals surface area (Å²) in [6.07, 6.45) is -7.23. The summed E-state index contributed by atoms with van der Waals surface area (Å²) in [4.78, 5) is 8.18. The van der Waals surface area contributed by atoms with Crippen LogP contribution in [0.3, 0.4) is 0 Å². The number of anilines is 3. The number of hydrogen-bond donors (Lipinski definition) is 4. The Morgan fingerprint density at radius 2 is 1.93 bits per heavy atom. The molecule has 0 bridgehead atoms. The Hall–Kier alpha value is -4.26. The zero-order valence-electron chi connectivity index (χ0n) is 14.8. The number of nitriles is 2. The molecule has 1 aromatic carbocycles. The van der Waals surface area contributed by atoms with Crippen LogP contribution in [0.15, 0.2) is 29.3 Å². The standard InChI is InChI=1S/C17H12F4N8O/c18-15(19)17(20,21)30-9-4-2-1-3-7(9)12-10-11(24)8(5-22)13(25)28-14(10)29-16(27-12)26-6-23/h1-4,12,15H,(H6,24,25,26,27,28,29). The maximum atomic E-state index is 13.6. The van der Waals surface area contributed by atoms with Crippen LogP contribution in [0.5, 0.6) is 5.75 Å². The van der Waals surface area contributed by atoms with Crippen LogP contribution < -0.4 is 26.8 Å². The lowest BCUT2D eigenvalue weighted by molar-refractivity contribution is -0.253. The number of nitrogens with one attached hydrogen (secondary N) is 2. The van der Waals surface area contributed by atoms with E-state index < -0.39 is 24.3 Å². The highest BCUT2D eigenvalue weighted by molar-refractivity contribution is 5.98. The van der Waals surface area contributed by atoms with Gasteiger partial charge in [0.2, 0.25) is 5.96 Å². The molecule has 13 heteroatoms. The van der Waals surface area contributed by atoms with E-state index in [1.54, 1.807) is 12.3 Å². The van der Waals surface area contributed by atoms with E-state index in [2.05, 4.69) is 25.3 Å². The van der Waals surface area contributed by atoms with Gasteiger partial charge in [-0.3, -0.25) is 5.32 Å². The van der Waals surface area contributed by atoms with Crippen molar-refractivity contribution >= 4 is 23.3 Å². The van der Waals surface area contributed by atoms with Gasteiger partial charge in [-0.1, -0.05) is 18.2 Å². The first-order valence-corrected chi connectivity index (χ1v) is 8.12. The van der Waals surface area contributed by atoms with Crippen LogP contribution in [0, 0.1) is 22.8 Å². The number of nitrogens with two attached hydrogens (primary N) is 2. The number of para-hydroxylation sites is 1. The molecule has 0 aliphatic carbocycles. The van der Waals surface area contributed by atoms with Crippen LogP contribution in [0.4, 0.5) is 34.9 Å². The number of nitrogens with zero attached hydrogens (tertiary/aromatic N) is 4. The Kier molecular flexibility index (Phi) is 5.21. The van der Waals surface area contributed by atoms with Crippen molar-refractivity contribution in [3.8, 4) is 18.0 Å². The van der Waals surface area contributed by atoms with Crippen LogP contribution in [-0.2, 0) is 0 Å². The van der Waals surface area contributed by atoms with Gasteiger partial charge in [-0.05, 0) is 6.07 Å². The maximum absolute atomic E-state index is 13.6. The lowest BCUT2D eigenvalue weighted by Gasteiger charge is -2.28. The van der Waals surface area contributed by atoms with Gasteiger partial charge >= 0.3 is 12.5 Å². The Labute approximate surface area is 166 Å². The molecular formula is C17H12F4N8O. The second-order valence-corrected chi connectivity index (χ2v) is 5.90. The monoisotopic (exact) mass is 420 g/mol. The molecule has 0 fully saturated rings. The quantitative estimate of drug-likeness (QED) is 0.333. The number of rotatable bonds is 4. The Morgan fingerprint density at radius 1 is 1.23 bits per heavy atom. The minimum absolute atomic E-state index is 0.00262. The van der Waals surface area contributed by atoms with Crippen molar-refractivity contribution in [3.63, 3.8) is 0 Å². The van der Waals surface area contributed by atoms with Gasteiger partial charge in [0, 0.05) is 11.1 Å². The minimum Gasteiger partial charge on any atom is -0.428 e. The molecule has 3 rings (SSSR count). The molecule has 1 atom stereocenters. The number of aliphatic imine (C=N–C) groups is 1. The average molecular weight is 420 g/mol. The molecule has 0 spiro atoms. The fraction of sp³-hybridized carbons (Fsp3) is 0.176. The first kappa shape index (κ1) is 20.5. The van der Waals surface area contributed by atoms with E-state index in [0.29, 0.717) is 0 Å². The average Bonchev–Trinajstić information content (AvgIpc) is 2.68. The molecule has 2 aromatic rings. The lowest BCUT2D eigenvalue weighted by atomic mass is 9.94. The van der Waals surface area contributed by atoms with E-state index in [4.69, 9.17) is 16.7 Å². The van der Waals surface area contributed by atoms with Crippen molar-refractivity contribution in [2.24, 2.45) is 4.99 Å². The minimum atomic E-state index is -4.77. The van der Waals surface area contributed by atoms with Crippen LogP contribution in [0.2, 0.25) is 0 Å². The third kappa shape index (κ3) is 3.56. The van der Waals surface area contributed by atoms with Gasteiger partial charge in [0.1, 0.15) is 35.1 Å². The van der Waals surface area contributed by atoms with E-state index >= 15 is 0 Å². The lowest BCUT2D eigenvalue weighted by Crippen LogP contribution is -2.35. The molecule has 2 heterocycles. The summed E-state index contributed by atoms with van der Waals surface area (Å²) in [5.74, 6) is -0.957. The van der Waals surface area contributed by atoms with Crippen molar-refractivity contribution in [3.05, 3.63) is 41.0 Å². The van der Waals surface area contributed by atoms with Gasteiger partial charge in [-0.2, -0.15) is 28.1 Å². The third-order valence-electron chi connectivity index (χ3n) is 4.07.